The van der Waals surface area contributed by atoms with Crippen LogP contribution in [0.1, 0.15) is 27.7 Å². The van der Waals surface area contributed by atoms with Crippen molar-refractivity contribution < 1.29 is 9.53 Å². The summed E-state index contributed by atoms with van der Waals surface area (Å²) in [6, 6.07) is 7.69. The predicted molar refractivity (Wildman–Crippen MR) is 112 cm³/mol. The van der Waals surface area contributed by atoms with E-state index in [2.05, 4.69) is 27.4 Å². The van der Waals surface area contributed by atoms with Crippen molar-refractivity contribution in [3.05, 3.63) is 35.5 Å². The van der Waals surface area contributed by atoms with Crippen LogP contribution in [-0.4, -0.2) is 54.3 Å². The molecule has 0 fully saturated rings. The standard InChI is InChI=1S/C20H29ClN4O2/c1-5-25(13-11-24-19(26)27-20(2,3)4)12-10-23-17-8-9-22-18-14-15(21)6-7-16(17)18/h6-9,14H,5,10-13H2,1-4H3,(H,22,23)(H,24,26). The summed E-state index contributed by atoms with van der Waals surface area (Å²) in [6.45, 7) is 11.6. The van der Waals surface area contributed by atoms with E-state index in [1.165, 1.54) is 0 Å². The van der Waals surface area contributed by atoms with Crippen molar-refractivity contribution in [2.45, 2.75) is 33.3 Å². The van der Waals surface area contributed by atoms with Crippen LogP contribution in [0.4, 0.5) is 10.5 Å². The first-order valence-electron chi connectivity index (χ1n) is 9.26. The number of alkyl carbamates (subject to hydrolysis) is 1. The molecule has 0 radical (unpaired) electrons. The summed E-state index contributed by atoms with van der Waals surface area (Å²) in [5, 5.41) is 8.00. The molecule has 1 aromatic heterocycles. The lowest BCUT2D eigenvalue weighted by Crippen LogP contribution is -2.39. The monoisotopic (exact) mass is 392 g/mol. The van der Waals surface area contributed by atoms with E-state index in [0.29, 0.717) is 11.6 Å². The van der Waals surface area contributed by atoms with Gasteiger partial charge in [0.05, 0.1) is 5.52 Å². The second-order valence-electron chi connectivity index (χ2n) is 7.31. The molecular formula is C20H29ClN4O2. The Hall–Kier alpha value is -2.05. The lowest BCUT2D eigenvalue weighted by Gasteiger charge is -2.23. The molecule has 6 nitrogen and oxygen atoms in total. The van der Waals surface area contributed by atoms with E-state index in [0.717, 1.165) is 42.8 Å². The summed E-state index contributed by atoms with van der Waals surface area (Å²) < 4.78 is 5.25. The number of hydrogen-bond acceptors (Lipinski definition) is 5. The van der Waals surface area contributed by atoms with Gasteiger partial charge in [0.25, 0.3) is 0 Å². The molecule has 0 saturated carbocycles. The van der Waals surface area contributed by atoms with Gasteiger partial charge in [-0.3, -0.25) is 4.98 Å². The number of rotatable bonds is 8. The van der Waals surface area contributed by atoms with E-state index in [1.54, 1.807) is 6.20 Å². The Morgan fingerprint density at radius 3 is 2.67 bits per heavy atom. The molecular weight excluding hydrogens is 364 g/mol. The van der Waals surface area contributed by atoms with Crippen molar-refractivity contribution >= 4 is 34.3 Å². The number of amides is 1. The molecule has 0 aliphatic heterocycles. The van der Waals surface area contributed by atoms with E-state index in [1.807, 2.05) is 45.0 Å². The number of nitrogens with zero attached hydrogens (tertiary/aromatic N) is 2. The number of likely N-dealkylation sites (N-methyl/N-ethyl adjacent to an activating group) is 1. The summed E-state index contributed by atoms with van der Waals surface area (Å²) in [4.78, 5) is 18.3. The highest BCUT2D eigenvalue weighted by molar-refractivity contribution is 6.31. The van der Waals surface area contributed by atoms with Crippen LogP contribution in [0, 0.1) is 0 Å². The van der Waals surface area contributed by atoms with E-state index >= 15 is 0 Å². The Morgan fingerprint density at radius 1 is 1.22 bits per heavy atom. The van der Waals surface area contributed by atoms with E-state index in [4.69, 9.17) is 16.3 Å². The van der Waals surface area contributed by atoms with Gasteiger partial charge >= 0.3 is 6.09 Å². The van der Waals surface area contributed by atoms with Crippen molar-refractivity contribution in [1.29, 1.82) is 0 Å². The Bertz CT molecular complexity index is 761. The van der Waals surface area contributed by atoms with Crippen molar-refractivity contribution in [2.24, 2.45) is 0 Å². The second kappa shape index (κ2) is 9.76. The van der Waals surface area contributed by atoms with Gasteiger partial charge in [0.1, 0.15) is 5.60 Å². The highest BCUT2D eigenvalue weighted by atomic mass is 35.5. The number of anilines is 1. The van der Waals surface area contributed by atoms with E-state index < -0.39 is 5.60 Å². The number of carbonyl (C=O) groups is 1. The fraction of sp³-hybridized carbons (Fsp3) is 0.500. The Balaban J connectivity index is 1.79. The Morgan fingerprint density at radius 2 is 1.96 bits per heavy atom. The minimum atomic E-state index is -0.476. The molecule has 0 saturated heterocycles. The third kappa shape index (κ3) is 7.23. The Kier molecular flexibility index (Phi) is 7.68. The van der Waals surface area contributed by atoms with Crippen LogP contribution >= 0.6 is 11.6 Å². The topological polar surface area (TPSA) is 66.5 Å². The number of fused-ring (bicyclic) bond motifs is 1. The molecule has 0 unspecified atom stereocenters. The number of ether oxygens (including phenoxy) is 1. The molecule has 1 aromatic carbocycles. The van der Waals surface area contributed by atoms with Crippen LogP contribution in [0.2, 0.25) is 5.02 Å². The van der Waals surface area contributed by atoms with Crippen molar-refractivity contribution in [1.82, 2.24) is 15.2 Å². The predicted octanol–water partition coefficient (Wildman–Crippen LogP) is 4.15. The SMILES string of the molecule is CCN(CCNC(=O)OC(C)(C)C)CCNc1ccnc2cc(Cl)ccc12. The van der Waals surface area contributed by atoms with E-state index in [-0.39, 0.29) is 6.09 Å². The molecule has 0 bridgehead atoms. The van der Waals surface area contributed by atoms with Gasteiger partial charge in [-0.15, -0.1) is 0 Å². The van der Waals surface area contributed by atoms with Gasteiger partial charge < -0.3 is 20.3 Å². The Labute approximate surface area is 166 Å². The van der Waals surface area contributed by atoms with Gasteiger partial charge in [0, 0.05) is 48.5 Å². The zero-order valence-electron chi connectivity index (χ0n) is 16.5. The minimum absolute atomic E-state index is 0.376. The summed E-state index contributed by atoms with van der Waals surface area (Å²) in [6.07, 6.45) is 1.40. The maximum atomic E-state index is 11.7. The number of halogens is 1. The quantitative estimate of drug-likeness (QED) is 0.706. The van der Waals surface area contributed by atoms with Crippen LogP contribution in [0.3, 0.4) is 0 Å². The van der Waals surface area contributed by atoms with Gasteiger partial charge in [-0.1, -0.05) is 18.5 Å². The molecule has 7 heteroatoms. The van der Waals surface area contributed by atoms with E-state index in [9.17, 15) is 4.79 Å². The van der Waals surface area contributed by atoms with Gasteiger partial charge in [0.2, 0.25) is 0 Å². The zero-order chi connectivity index (χ0) is 19.9. The first-order valence-corrected chi connectivity index (χ1v) is 9.63. The van der Waals surface area contributed by atoms with Crippen molar-refractivity contribution in [2.75, 3.05) is 38.0 Å². The summed E-state index contributed by atoms with van der Waals surface area (Å²) >= 11 is 6.04. The number of hydrogen-bond donors (Lipinski definition) is 2. The van der Waals surface area contributed by atoms with Gasteiger partial charge in [0.15, 0.2) is 0 Å². The average molecular weight is 393 g/mol. The molecule has 2 aromatic rings. The van der Waals surface area contributed by atoms with Crippen LogP contribution in [0.15, 0.2) is 30.5 Å². The van der Waals surface area contributed by atoms with Gasteiger partial charge in [-0.25, -0.2) is 4.79 Å². The molecule has 2 N–H and O–H groups in total. The number of carbonyl (C=O) groups excluding carboxylic acids is 1. The highest BCUT2D eigenvalue weighted by Gasteiger charge is 2.15. The third-order valence-corrected chi connectivity index (χ3v) is 4.23. The lowest BCUT2D eigenvalue weighted by atomic mass is 10.2. The summed E-state index contributed by atoms with van der Waals surface area (Å²) in [5.41, 5.74) is 1.44. The smallest absolute Gasteiger partial charge is 0.407 e. The number of nitrogens with one attached hydrogen (secondary N) is 2. The number of benzene rings is 1. The normalized spacial score (nSPS) is 11.6. The van der Waals surface area contributed by atoms with Crippen molar-refractivity contribution in [3.8, 4) is 0 Å². The maximum absolute atomic E-state index is 11.7. The third-order valence-electron chi connectivity index (χ3n) is 3.99. The molecule has 0 spiro atoms. The summed E-state index contributed by atoms with van der Waals surface area (Å²) in [7, 11) is 0. The van der Waals surface area contributed by atoms with Crippen molar-refractivity contribution in [3.63, 3.8) is 0 Å². The van der Waals surface area contributed by atoms with Crippen LogP contribution in [0.25, 0.3) is 10.9 Å². The summed E-state index contributed by atoms with van der Waals surface area (Å²) in [5.74, 6) is 0. The first-order chi connectivity index (χ1) is 12.8. The maximum Gasteiger partial charge on any atom is 0.407 e. The molecule has 27 heavy (non-hydrogen) atoms. The fourth-order valence-electron chi connectivity index (χ4n) is 2.68. The first kappa shape index (κ1) is 21.3. The minimum Gasteiger partial charge on any atom is -0.444 e. The fourth-order valence-corrected chi connectivity index (χ4v) is 2.85. The van der Waals surface area contributed by atoms with Gasteiger partial charge in [-0.05, 0) is 51.6 Å². The zero-order valence-corrected chi connectivity index (χ0v) is 17.3. The molecule has 1 heterocycles. The molecule has 2 rings (SSSR count). The highest BCUT2D eigenvalue weighted by Crippen LogP contribution is 2.24. The number of pyridine rings is 1. The largest absolute Gasteiger partial charge is 0.444 e. The molecule has 0 aliphatic carbocycles. The second-order valence-corrected chi connectivity index (χ2v) is 7.75. The van der Waals surface area contributed by atoms with Crippen LogP contribution in [-0.2, 0) is 4.74 Å². The molecule has 0 atom stereocenters. The van der Waals surface area contributed by atoms with Crippen LogP contribution < -0.4 is 10.6 Å². The molecule has 0 aliphatic rings. The van der Waals surface area contributed by atoms with Crippen LogP contribution in [0.5, 0.6) is 0 Å². The average Bonchev–Trinajstić information content (AvgIpc) is 2.58. The number of aromatic nitrogens is 1. The molecule has 1 amide bonds. The molecule has 148 valence electrons. The lowest BCUT2D eigenvalue weighted by molar-refractivity contribution is 0.0522. The van der Waals surface area contributed by atoms with Gasteiger partial charge in [-0.2, -0.15) is 0 Å².